The minimum absolute atomic E-state index is 0.110. The van der Waals surface area contributed by atoms with Crippen molar-refractivity contribution in [3.05, 3.63) is 29.6 Å². The van der Waals surface area contributed by atoms with Gasteiger partial charge < -0.3 is 0 Å². The maximum absolute atomic E-state index is 12.9. The molecular weight excluding hydrogens is 150 g/mol. The summed E-state index contributed by atoms with van der Waals surface area (Å²) in [4.78, 5) is 0. The number of hydrogen-bond donors (Lipinski definition) is 0. The van der Waals surface area contributed by atoms with Gasteiger partial charge in [0.25, 0.3) is 0 Å². The average molecular weight is 164 g/mol. The Hall–Kier alpha value is -0.785. The molecule has 0 nitrogen and oxygen atoms in total. The fourth-order valence-corrected chi connectivity index (χ4v) is 1.11. The second kappa shape index (κ2) is 2.93. The molecule has 0 heterocycles. The molecule has 0 bridgehead atoms. The van der Waals surface area contributed by atoms with E-state index in [1.807, 2.05) is 12.1 Å². The molecular formula is C10H14BF. The van der Waals surface area contributed by atoms with E-state index in [9.17, 15) is 4.39 Å². The number of rotatable bonds is 0. The molecule has 0 amide bonds. The predicted molar refractivity (Wildman–Crippen MR) is 53.3 cm³/mol. The lowest BCUT2D eigenvalue weighted by molar-refractivity contribution is 0.585. The molecule has 0 saturated heterocycles. The standard InChI is InChI=1S/C10H14BF/c1-10(2,3)7-4-5-9(12)8(11)6-7/h4-6H,11H2,1-3H3. The van der Waals surface area contributed by atoms with Gasteiger partial charge in [-0.1, -0.05) is 38.4 Å². The van der Waals surface area contributed by atoms with Gasteiger partial charge in [0.15, 0.2) is 0 Å². The molecule has 1 rings (SSSR count). The maximum atomic E-state index is 12.9. The van der Waals surface area contributed by atoms with Crippen LogP contribution in [0.4, 0.5) is 4.39 Å². The Labute approximate surface area is 74.2 Å². The molecule has 0 fully saturated rings. The Morgan fingerprint density at radius 2 is 1.83 bits per heavy atom. The zero-order valence-corrected chi connectivity index (χ0v) is 8.11. The highest BCUT2D eigenvalue weighted by Crippen LogP contribution is 2.20. The van der Waals surface area contributed by atoms with Crippen LogP contribution >= 0.6 is 0 Å². The summed E-state index contributed by atoms with van der Waals surface area (Å²) in [5, 5.41) is 0. The topological polar surface area (TPSA) is 0 Å². The lowest BCUT2D eigenvalue weighted by Gasteiger charge is -2.19. The summed E-state index contributed by atoms with van der Waals surface area (Å²) in [6.45, 7) is 6.37. The summed E-state index contributed by atoms with van der Waals surface area (Å²) >= 11 is 0. The second-order valence-electron chi connectivity index (χ2n) is 4.21. The van der Waals surface area contributed by atoms with Crippen LogP contribution in [0.15, 0.2) is 18.2 Å². The van der Waals surface area contributed by atoms with E-state index in [0.29, 0.717) is 0 Å². The first kappa shape index (κ1) is 9.30. The van der Waals surface area contributed by atoms with E-state index in [4.69, 9.17) is 0 Å². The minimum atomic E-state index is -0.122. The summed E-state index contributed by atoms with van der Waals surface area (Å²) in [5.74, 6) is -0.122. The zero-order valence-electron chi connectivity index (χ0n) is 8.11. The summed E-state index contributed by atoms with van der Waals surface area (Å²) in [6.07, 6.45) is 0. The van der Waals surface area contributed by atoms with E-state index in [1.54, 1.807) is 7.85 Å². The minimum Gasteiger partial charge on any atom is -0.208 e. The Kier molecular flexibility index (Phi) is 2.27. The highest BCUT2D eigenvalue weighted by Gasteiger charge is 2.13. The van der Waals surface area contributed by atoms with Crippen LogP contribution in [0.3, 0.4) is 0 Å². The van der Waals surface area contributed by atoms with Gasteiger partial charge in [0.1, 0.15) is 13.7 Å². The van der Waals surface area contributed by atoms with Crippen LogP contribution in [0.2, 0.25) is 0 Å². The molecule has 0 aliphatic heterocycles. The Balaban J connectivity index is 3.14. The van der Waals surface area contributed by atoms with Crippen molar-refractivity contribution >= 4 is 13.3 Å². The Morgan fingerprint density at radius 1 is 1.25 bits per heavy atom. The van der Waals surface area contributed by atoms with Crippen molar-refractivity contribution in [3.8, 4) is 0 Å². The molecule has 0 radical (unpaired) electrons. The van der Waals surface area contributed by atoms with E-state index in [2.05, 4.69) is 20.8 Å². The van der Waals surface area contributed by atoms with Crippen LogP contribution in [0.1, 0.15) is 26.3 Å². The van der Waals surface area contributed by atoms with E-state index in [0.717, 1.165) is 5.46 Å². The smallest absolute Gasteiger partial charge is 0.143 e. The van der Waals surface area contributed by atoms with Crippen LogP contribution < -0.4 is 5.46 Å². The van der Waals surface area contributed by atoms with Gasteiger partial charge >= 0.3 is 0 Å². The van der Waals surface area contributed by atoms with E-state index >= 15 is 0 Å². The first-order chi connectivity index (χ1) is 5.41. The largest absolute Gasteiger partial charge is 0.208 e. The molecule has 1 aromatic rings. The van der Waals surface area contributed by atoms with Gasteiger partial charge in [0.05, 0.1) is 0 Å². The monoisotopic (exact) mass is 164 g/mol. The van der Waals surface area contributed by atoms with Crippen LogP contribution in [0.5, 0.6) is 0 Å². The van der Waals surface area contributed by atoms with Gasteiger partial charge in [-0.2, -0.15) is 0 Å². The molecule has 12 heavy (non-hydrogen) atoms. The van der Waals surface area contributed by atoms with Crippen molar-refractivity contribution < 1.29 is 4.39 Å². The zero-order chi connectivity index (χ0) is 9.35. The van der Waals surface area contributed by atoms with Gasteiger partial charge in [0.2, 0.25) is 0 Å². The first-order valence-corrected chi connectivity index (χ1v) is 4.18. The fourth-order valence-electron chi connectivity index (χ4n) is 1.11. The normalized spacial score (nSPS) is 11.7. The van der Waals surface area contributed by atoms with Crippen molar-refractivity contribution in [3.63, 3.8) is 0 Å². The van der Waals surface area contributed by atoms with Crippen molar-refractivity contribution in [1.82, 2.24) is 0 Å². The lowest BCUT2D eigenvalue weighted by Crippen LogP contribution is -2.17. The van der Waals surface area contributed by atoms with Crippen molar-refractivity contribution in [2.24, 2.45) is 0 Å². The third-order valence-electron chi connectivity index (χ3n) is 2.02. The molecule has 0 saturated carbocycles. The van der Waals surface area contributed by atoms with Gasteiger partial charge in [-0.25, -0.2) is 4.39 Å². The summed E-state index contributed by atoms with van der Waals surface area (Å²) in [7, 11) is 1.80. The molecule has 1 aromatic carbocycles. The van der Waals surface area contributed by atoms with Crippen LogP contribution in [-0.4, -0.2) is 7.85 Å². The summed E-state index contributed by atoms with van der Waals surface area (Å²) in [5.41, 5.74) is 2.02. The highest BCUT2D eigenvalue weighted by molar-refractivity contribution is 6.32. The third-order valence-corrected chi connectivity index (χ3v) is 2.02. The molecule has 0 spiro atoms. The number of benzene rings is 1. The molecule has 0 aliphatic carbocycles. The van der Waals surface area contributed by atoms with Gasteiger partial charge in [-0.3, -0.25) is 0 Å². The summed E-state index contributed by atoms with van der Waals surface area (Å²) < 4.78 is 12.9. The van der Waals surface area contributed by atoms with Crippen molar-refractivity contribution in [2.45, 2.75) is 26.2 Å². The van der Waals surface area contributed by atoms with Gasteiger partial charge in [-0.15, -0.1) is 0 Å². The van der Waals surface area contributed by atoms with Crippen molar-refractivity contribution in [1.29, 1.82) is 0 Å². The molecule has 64 valence electrons. The highest BCUT2D eigenvalue weighted by atomic mass is 19.1. The first-order valence-electron chi connectivity index (χ1n) is 4.18. The molecule has 2 heteroatoms. The molecule has 0 N–H and O–H groups in total. The maximum Gasteiger partial charge on any atom is 0.143 e. The van der Waals surface area contributed by atoms with Crippen LogP contribution in [0.25, 0.3) is 0 Å². The number of hydrogen-bond acceptors (Lipinski definition) is 0. The SMILES string of the molecule is Bc1cc(C(C)(C)C)ccc1F. The van der Waals surface area contributed by atoms with E-state index in [-0.39, 0.29) is 11.2 Å². The van der Waals surface area contributed by atoms with Crippen LogP contribution in [-0.2, 0) is 5.41 Å². The quantitative estimate of drug-likeness (QED) is 0.508. The Morgan fingerprint density at radius 3 is 2.25 bits per heavy atom. The van der Waals surface area contributed by atoms with Gasteiger partial charge in [0, 0.05) is 0 Å². The molecule has 0 aromatic heterocycles. The Bertz CT molecular complexity index is 286. The summed E-state index contributed by atoms with van der Waals surface area (Å²) in [6, 6.07) is 5.30. The lowest BCUT2D eigenvalue weighted by atomic mass is 9.83. The molecule has 0 aliphatic rings. The van der Waals surface area contributed by atoms with E-state index < -0.39 is 0 Å². The van der Waals surface area contributed by atoms with Crippen LogP contribution in [0, 0.1) is 5.82 Å². The third kappa shape index (κ3) is 1.87. The second-order valence-corrected chi connectivity index (χ2v) is 4.21. The fraction of sp³-hybridized carbons (Fsp3) is 0.400. The molecule has 0 unspecified atom stereocenters. The van der Waals surface area contributed by atoms with E-state index in [1.165, 1.54) is 11.6 Å². The predicted octanol–water partition coefficient (Wildman–Crippen LogP) is 1.38. The molecule has 0 atom stereocenters. The van der Waals surface area contributed by atoms with Crippen molar-refractivity contribution in [2.75, 3.05) is 0 Å². The average Bonchev–Trinajstić information content (AvgIpc) is 1.92. The van der Waals surface area contributed by atoms with Gasteiger partial charge in [-0.05, 0) is 17.0 Å². The number of halogens is 1.